The second-order valence-corrected chi connectivity index (χ2v) is 5.42. The minimum absolute atomic E-state index is 0.311. The van der Waals surface area contributed by atoms with E-state index in [9.17, 15) is 0 Å². The molecule has 0 aliphatic rings. The van der Waals surface area contributed by atoms with E-state index in [4.69, 9.17) is 16.0 Å². The quantitative estimate of drug-likeness (QED) is 0.742. The maximum Gasteiger partial charge on any atom is 0.134 e. The molecule has 0 bridgehead atoms. The lowest BCUT2D eigenvalue weighted by Gasteiger charge is -2.15. The summed E-state index contributed by atoms with van der Waals surface area (Å²) in [6.07, 6.45) is 4.66. The molecular weight excluding hydrogens is 258 g/mol. The largest absolute Gasteiger partial charge is 0.459 e. The van der Waals surface area contributed by atoms with Crippen LogP contribution in [0.25, 0.3) is 11.0 Å². The van der Waals surface area contributed by atoms with Gasteiger partial charge in [0.2, 0.25) is 0 Å². The molecule has 1 aromatic heterocycles. The molecule has 3 heteroatoms. The topological polar surface area (TPSA) is 25.2 Å². The van der Waals surface area contributed by atoms with Gasteiger partial charge in [-0.3, -0.25) is 0 Å². The molecule has 1 unspecified atom stereocenters. The van der Waals surface area contributed by atoms with Crippen molar-refractivity contribution in [2.24, 2.45) is 0 Å². The fourth-order valence-electron chi connectivity index (χ4n) is 2.28. The Morgan fingerprint density at radius 2 is 2.05 bits per heavy atom. The second-order valence-electron chi connectivity index (χ2n) is 4.98. The first-order valence-electron chi connectivity index (χ1n) is 7.17. The molecule has 2 nitrogen and oxygen atoms in total. The zero-order valence-electron chi connectivity index (χ0n) is 11.7. The van der Waals surface area contributed by atoms with Crippen LogP contribution >= 0.6 is 11.6 Å². The third-order valence-electron chi connectivity index (χ3n) is 3.33. The Bertz CT molecular complexity index is 512. The summed E-state index contributed by atoms with van der Waals surface area (Å²) in [5, 5.41) is 5.41. The molecular formula is C16H22ClNO. The van der Waals surface area contributed by atoms with Gasteiger partial charge in [-0.15, -0.1) is 0 Å². The molecule has 0 radical (unpaired) electrons. The van der Waals surface area contributed by atoms with Crippen LogP contribution in [0.1, 0.15) is 51.3 Å². The highest BCUT2D eigenvalue weighted by Crippen LogP contribution is 2.28. The van der Waals surface area contributed by atoms with Crippen LogP contribution in [0.2, 0.25) is 5.02 Å². The molecule has 0 amide bonds. The summed E-state index contributed by atoms with van der Waals surface area (Å²) in [5.41, 5.74) is 0.916. The van der Waals surface area contributed by atoms with Crippen molar-refractivity contribution in [2.45, 2.75) is 45.6 Å². The molecule has 19 heavy (non-hydrogen) atoms. The van der Waals surface area contributed by atoms with Gasteiger partial charge in [0.1, 0.15) is 11.3 Å². The standard InChI is InChI=1S/C16H22ClNO/c1-3-5-6-14(18-9-4-2)16-11-12-10-13(17)7-8-15(12)19-16/h7-8,10-11,14,18H,3-6,9H2,1-2H3. The van der Waals surface area contributed by atoms with Gasteiger partial charge in [0, 0.05) is 10.4 Å². The van der Waals surface area contributed by atoms with Crippen molar-refractivity contribution < 1.29 is 4.42 Å². The van der Waals surface area contributed by atoms with Crippen molar-refractivity contribution in [3.63, 3.8) is 0 Å². The Labute approximate surface area is 120 Å². The van der Waals surface area contributed by atoms with Gasteiger partial charge in [0.15, 0.2) is 0 Å². The van der Waals surface area contributed by atoms with Gasteiger partial charge in [-0.25, -0.2) is 0 Å². The molecule has 0 saturated carbocycles. The van der Waals surface area contributed by atoms with E-state index in [0.717, 1.165) is 41.1 Å². The Morgan fingerprint density at radius 1 is 1.21 bits per heavy atom. The van der Waals surface area contributed by atoms with E-state index in [1.807, 2.05) is 18.2 Å². The summed E-state index contributed by atoms with van der Waals surface area (Å²) < 4.78 is 5.96. The highest BCUT2D eigenvalue weighted by Gasteiger charge is 2.15. The first-order chi connectivity index (χ1) is 9.24. The molecule has 2 aromatic rings. The lowest BCUT2D eigenvalue weighted by Crippen LogP contribution is -2.21. The van der Waals surface area contributed by atoms with Crippen LogP contribution in [-0.2, 0) is 0 Å². The molecule has 104 valence electrons. The molecule has 0 aliphatic heterocycles. The zero-order chi connectivity index (χ0) is 13.7. The summed E-state index contributed by atoms with van der Waals surface area (Å²) in [5.74, 6) is 1.03. The van der Waals surface area contributed by atoms with Crippen molar-refractivity contribution in [1.29, 1.82) is 0 Å². The van der Waals surface area contributed by atoms with Crippen molar-refractivity contribution in [1.82, 2.24) is 5.32 Å². The number of unbranched alkanes of at least 4 members (excludes halogenated alkanes) is 1. The Kier molecular flexibility index (Phi) is 5.29. The second kappa shape index (κ2) is 6.97. The Hall–Kier alpha value is -0.990. The normalized spacial score (nSPS) is 13.0. The first kappa shape index (κ1) is 14.4. The smallest absolute Gasteiger partial charge is 0.134 e. The monoisotopic (exact) mass is 279 g/mol. The maximum absolute atomic E-state index is 6.02. The summed E-state index contributed by atoms with van der Waals surface area (Å²) >= 11 is 6.02. The minimum atomic E-state index is 0.311. The number of nitrogens with one attached hydrogen (secondary N) is 1. The predicted octanol–water partition coefficient (Wildman–Crippen LogP) is 5.32. The number of hydrogen-bond donors (Lipinski definition) is 1. The fraction of sp³-hybridized carbons (Fsp3) is 0.500. The minimum Gasteiger partial charge on any atom is -0.459 e. The number of fused-ring (bicyclic) bond motifs is 1. The van der Waals surface area contributed by atoms with E-state index in [1.54, 1.807) is 0 Å². The van der Waals surface area contributed by atoms with Gasteiger partial charge in [-0.05, 0) is 43.7 Å². The molecule has 0 aliphatic carbocycles. The molecule has 1 aromatic carbocycles. The maximum atomic E-state index is 6.02. The van der Waals surface area contributed by atoms with Crippen LogP contribution in [0.4, 0.5) is 0 Å². The summed E-state index contributed by atoms with van der Waals surface area (Å²) in [6, 6.07) is 8.20. The summed E-state index contributed by atoms with van der Waals surface area (Å²) in [6.45, 7) is 5.42. The third-order valence-corrected chi connectivity index (χ3v) is 3.56. The number of rotatable bonds is 7. The molecule has 0 saturated heterocycles. The molecule has 2 rings (SSSR count). The fourth-order valence-corrected chi connectivity index (χ4v) is 2.46. The number of hydrogen-bond acceptors (Lipinski definition) is 2. The van der Waals surface area contributed by atoms with E-state index in [2.05, 4.69) is 25.2 Å². The molecule has 1 N–H and O–H groups in total. The van der Waals surface area contributed by atoms with Crippen LogP contribution in [0.15, 0.2) is 28.7 Å². The number of halogens is 1. The third kappa shape index (κ3) is 3.74. The van der Waals surface area contributed by atoms with Crippen molar-refractivity contribution in [2.75, 3.05) is 6.54 Å². The van der Waals surface area contributed by atoms with Crippen molar-refractivity contribution in [3.8, 4) is 0 Å². The molecule has 0 spiro atoms. The van der Waals surface area contributed by atoms with Crippen LogP contribution < -0.4 is 5.32 Å². The lowest BCUT2D eigenvalue weighted by molar-refractivity contribution is 0.402. The van der Waals surface area contributed by atoms with Gasteiger partial charge in [-0.1, -0.05) is 38.3 Å². The van der Waals surface area contributed by atoms with E-state index in [-0.39, 0.29) is 0 Å². The van der Waals surface area contributed by atoms with Gasteiger partial charge < -0.3 is 9.73 Å². The van der Waals surface area contributed by atoms with Crippen molar-refractivity contribution >= 4 is 22.6 Å². The van der Waals surface area contributed by atoms with E-state index >= 15 is 0 Å². The molecule has 0 fully saturated rings. The lowest BCUT2D eigenvalue weighted by atomic mass is 10.1. The average molecular weight is 280 g/mol. The van der Waals surface area contributed by atoms with Gasteiger partial charge in [0.05, 0.1) is 6.04 Å². The molecule has 1 heterocycles. The summed E-state index contributed by atoms with van der Waals surface area (Å²) in [4.78, 5) is 0. The number of furan rings is 1. The average Bonchev–Trinajstić information content (AvgIpc) is 2.81. The highest BCUT2D eigenvalue weighted by molar-refractivity contribution is 6.31. The zero-order valence-corrected chi connectivity index (χ0v) is 12.5. The molecule has 1 atom stereocenters. The van der Waals surface area contributed by atoms with E-state index in [0.29, 0.717) is 6.04 Å². The Morgan fingerprint density at radius 3 is 2.79 bits per heavy atom. The van der Waals surface area contributed by atoms with Gasteiger partial charge in [0.25, 0.3) is 0 Å². The van der Waals surface area contributed by atoms with Crippen LogP contribution in [-0.4, -0.2) is 6.54 Å². The summed E-state index contributed by atoms with van der Waals surface area (Å²) in [7, 11) is 0. The van der Waals surface area contributed by atoms with Gasteiger partial charge in [-0.2, -0.15) is 0 Å². The van der Waals surface area contributed by atoms with Crippen molar-refractivity contribution in [3.05, 3.63) is 35.0 Å². The predicted molar refractivity (Wildman–Crippen MR) is 81.8 cm³/mol. The van der Waals surface area contributed by atoms with Gasteiger partial charge >= 0.3 is 0 Å². The van der Waals surface area contributed by atoms with Crippen LogP contribution in [0.3, 0.4) is 0 Å². The first-order valence-corrected chi connectivity index (χ1v) is 7.54. The SMILES string of the molecule is CCCCC(NCCC)c1cc2cc(Cl)ccc2o1. The highest BCUT2D eigenvalue weighted by atomic mass is 35.5. The Balaban J connectivity index is 2.21. The van der Waals surface area contributed by atoms with E-state index < -0.39 is 0 Å². The van der Waals surface area contributed by atoms with Crippen LogP contribution in [0, 0.1) is 0 Å². The number of benzene rings is 1. The van der Waals surface area contributed by atoms with Crippen LogP contribution in [0.5, 0.6) is 0 Å². The van der Waals surface area contributed by atoms with E-state index in [1.165, 1.54) is 12.8 Å².